The minimum absolute atomic E-state index is 1.17. The number of aromatic amines is 1. The fraction of sp³-hybridized carbons (Fsp3) is 0. The van der Waals surface area contributed by atoms with Gasteiger partial charge in [0.1, 0.15) is 0 Å². The second-order valence-electron chi connectivity index (χ2n) is 9.93. The normalized spacial score (nSPS) is 11.7. The summed E-state index contributed by atoms with van der Waals surface area (Å²) in [6.45, 7) is 0. The Balaban J connectivity index is 1.37. The Morgan fingerprint density at radius 3 is 1.84 bits per heavy atom. The maximum absolute atomic E-state index is 3.55. The molecule has 2 nitrogen and oxygen atoms in total. The highest BCUT2D eigenvalue weighted by molar-refractivity contribution is 6.12. The third-order valence-corrected chi connectivity index (χ3v) is 7.73. The molecule has 0 atom stereocenters. The number of benzene rings is 6. The largest absolute Gasteiger partial charge is 0.355 e. The van der Waals surface area contributed by atoms with Crippen LogP contribution in [0.2, 0.25) is 0 Å². The van der Waals surface area contributed by atoms with Crippen LogP contribution in [-0.2, 0) is 0 Å². The molecule has 8 rings (SSSR count). The van der Waals surface area contributed by atoms with Crippen LogP contribution < -0.4 is 0 Å². The van der Waals surface area contributed by atoms with Gasteiger partial charge in [-0.15, -0.1) is 0 Å². The minimum atomic E-state index is 1.17. The molecule has 0 aliphatic heterocycles. The molecule has 0 bridgehead atoms. The van der Waals surface area contributed by atoms with Gasteiger partial charge in [-0.2, -0.15) is 0 Å². The van der Waals surface area contributed by atoms with Gasteiger partial charge in [0.25, 0.3) is 0 Å². The molecule has 0 aliphatic rings. The Kier molecular flexibility index (Phi) is 4.55. The van der Waals surface area contributed by atoms with Gasteiger partial charge >= 0.3 is 0 Å². The van der Waals surface area contributed by atoms with E-state index in [1.54, 1.807) is 0 Å². The van der Waals surface area contributed by atoms with Gasteiger partial charge in [0.2, 0.25) is 0 Å². The van der Waals surface area contributed by atoms with Crippen molar-refractivity contribution in [1.29, 1.82) is 0 Å². The van der Waals surface area contributed by atoms with E-state index in [4.69, 9.17) is 0 Å². The van der Waals surface area contributed by atoms with Crippen LogP contribution in [0.1, 0.15) is 0 Å². The average molecular weight is 485 g/mol. The third-order valence-electron chi connectivity index (χ3n) is 7.73. The van der Waals surface area contributed by atoms with Gasteiger partial charge in [0.15, 0.2) is 0 Å². The topological polar surface area (TPSA) is 20.7 Å². The molecule has 0 aliphatic carbocycles. The van der Waals surface area contributed by atoms with Crippen LogP contribution in [0.3, 0.4) is 0 Å². The number of hydrogen-bond acceptors (Lipinski definition) is 0. The van der Waals surface area contributed by atoms with Crippen LogP contribution in [-0.4, -0.2) is 9.55 Å². The summed E-state index contributed by atoms with van der Waals surface area (Å²) in [6.07, 6.45) is 0. The zero-order valence-electron chi connectivity index (χ0n) is 20.7. The Hall–Kier alpha value is -5.08. The van der Waals surface area contributed by atoms with Crippen LogP contribution in [0.15, 0.2) is 140 Å². The van der Waals surface area contributed by atoms with Crippen molar-refractivity contribution in [2.45, 2.75) is 0 Å². The number of rotatable bonds is 3. The molecule has 0 unspecified atom stereocenters. The molecule has 0 spiro atoms. The lowest BCUT2D eigenvalue weighted by Gasteiger charge is -2.09. The molecule has 0 amide bonds. The van der Waals surface area contributed by atoms with Crippen molar-refractivity contribution in [2.75, 3.05) is 0 Å². The monoisotopic (exact) mass is 484 g/mol. The predicted octanol–water partition coefficient (Wildman–Crippen LogP) is 9.75. The van der Waals surface area contributed by atoms with Crippen molar-refractivity contribution in [2.24, 2.45) is 0 Å². The minimum Gasteiger partial charge on any atom is -0.355 e. The number of hydrogen-bond donors (Lipinski definition) is 1. The van der Waals surface area contributed by atoms with E-state index in [2.05, 4.69) is 149 Å². The summed E-state index contributed by atoms with van der Waals surface area (Å²) in [5.41, 5.74) is 10.9. The van der Waals surface area contributed by atoms with E-state index in [1.807, 2.05) is 0 Å². The zero-order valence-corrected chi connectivity index (χ0v) is 20.7. The van der Waals surface area contributed by atoms with Crippen molar-refractivity contribution in [1.82, 2.24) is 9.55 Å². The summed E-state index contributed by atoms with van der Waals surface area (Å²) in [5, 5.41) is 5.05. The van der Waals surface area contributed by atoms with Crippen molar-refractivity contribution < 1.29 is 0 Å². The van der Waals surface area contributed by atoms with Gasteiger partial charge in [-0.1, -0.05) is 91.0 Å². The molecule has 2 heteroatoms. The molecule has 2 aromatic heterocycles. The standard InChI is InChI=1S/C36H24N2/c1-3-9-24(10-4-1)27-15-18-30-32-22-26(17-20-35(32)38(36(30)23-27)28-11-5-2-6-12-28)25-16-19-34-31(21-25)29-13-7-8-14-33(29)37-34/h1-23,37H. The van der Waals surface area contributed by atoms with E-state index in [1.165, 1.54) is 71.6 Å². The molecule has 1 N–H and O–H groups in total. The lowest BCUT2D eigenvalue weighted by Crippen LogP contribution is -1.93. The number of aromatic nitrogens is 2. The molecule has 0 fully saturated rings. The smallest absolute Gasteiger partial charge is 0.0547 e. The first kappa shape index (κ1) is 21.0. The van der Waals surface area contributed by atoms with Gasteiger partial charge in [0.05, 0.1) is 11.0 Å². The summed E-state index contributed by atoms with van der Waals surface area (Å²) in [5.74, 6) is 0. The van der Waals surface area contributed by atoms with Crippen LogP contribution >= 0.6 is 0 Å². The van der Waals surface area contributed by atoms with E-state index in [0.29, 0.717) is 0 Å². The number of nitrogens with zero attached hydrogens (tertiary/aromatic N) is 1. The Morgan fingerprint density at radius 2 is 1.00 bits per heavy atom. The first-order chi connectivity index (χ1) is 18.8. The SMILES string of the molecule is c1ccc(-c2ccc3c4cc(-c5ccc6[nH]c7ccccc7c6c5)ccc4n(-c4ccccc4)c3c2)cc1. The van der Waals surface area contributed by atoms with E-state index >= 15 is 0 Å². The highest BCUT2D eigenvalue weighted by Crippen LogP contribution is 2.38. The average Bonchev–Trinajstić information content (AvgIpc) is 3.52. The maximum atomic E-state index is 3.55. The predicted molar refractivity (Wildman–Crippen MR) is 161 cm³/mol. The number of fused-ring (bicyclic) bond motifs is 6. The zero-order chi connectivity index (χ0) is 25.1. The molecule has 6 aromatic carbocycles. The van der Waals surface area contributed by atoms with Crippen LogP contribution in [0.4, 0.5) is 0 Å². The second kappa shape index (κ2) is 8.22. The van der Waals surface area contributed by atoms with E-state index in [-0.39, 0.29) is 0 Å². The van der Waals surface area contributed by atoms with Gasteiger partial charge in [-0.3, -0.25) is 0 Å². The first-order valence-corrected chi connectivity index (χ1v) is 13.0. The van der Waals surface area contributed by atoms with Crippen molar-refractivity contribution >= 4 is 43.6 Å². The van der Waals surface area contributed by atoms with Gasteiger partial charge in [-0.05, 0) is 70.8 Å². The molecule has 0 saturated heterocycles. The van der Waals surface area contributed by atoms with Crippen molar-refractivity contribution in [3.63, 3.8) is 0 Å². The Labute approximate surface area is 220 Å². The van der Waals surface area contributed by atoms with Crippen molar-refractivity contribution in [3.8, 4) is 27.9 Å². The summed E-state index contributed by atoms with van der Waals surface area (Å²) >= 11 is 0. The fourth-order valence-electron chi connectivity index (χ4n) is 5.89. The molecule has 2 heterocycles. The quantitative estimate of drug-likeness (QED) is 0.258. The number of nitrogens with one attached hydrogen (secondary N) is 1. The van der Waals surface area contributed by atoms with E-state index in [0.717, 1.165) is 0 Å². The summed E-state index contributed by atoms with van der Waals surface area (Å²) < 4.78 is 2.39. The van der Waals surface area contributed by atoms with E-state index < -0.39 is 0 Å². The van der Waals surface area contributed by atoms with Gasteiger partial charge < -0.3 is 9.55 Å². The molecule has 178 valence electrons. The van der Waals surface area contributed by atoms with Gasteiger partial charge in [0, 0.05) is 38.3 Å². The molecular weight excluding hydrogens is 460 g/mol. The third kappa shape index (κ3) is 3.21. The molecule has 0 saturated carbocycles. The number of para-hydroxylation sites is 2. The molecule has 0 radical (unpaired) electrons. The first-order valence-electron chi connectivity index (χ1n) is 13.0. The Morgan fingerprint density at radius 1 is 0.368 bits per heavy atom. The molecule has 38 heavy (non-hydrogen) atoms. The van der Waals surface area contributed by atoms with E-state index in [9.17, 15) is 0 Å². The lowest BCUT2D eigenvalue weighted by molar-refractivity contribution is 1.18. The summed E-state index contributed by atoms with van der Waals surface area (Å²) in [6, 6.07) is 50.3. The molecular formula is C36H24N2. The Bertz CT molecular complexity index is 2110. The van der Waals surface area contributed by atoms with Crippen LogP contribution in [0.25, 0.3) is 71.6 Å². The summed E-state index contributed by atoms with van der Waals surface area (Å²) in [7, 11) is 0. The number of H-pyrrole nitrogens is 1. The lowest BCUT2D eigenvalue weighted by atomic mass is 10.00. The highest BCUT2D eigenvalue weighted by Gasteiger charge is 2.15. The summed E-state index contributed by atoms with van der Waals surface area (Å²) in [4.78, 5) is 3.55. The fourth-order valence-corrected chi connectivity index (χ4v) is 5.89. The second-order valence-corrected chi connectivity index (χ2v) is 9.93. The highest BCUT2D eigenvalue weighted by atomic mass is 15.0. The molecule has 8 aromatic rings. The van der Waals surface area contributed by atoms with Gasteiger partial charge in [-0.25, -0.2) is 0 Å². The van der Waals surface area contributed by atoms with Crippen LogP contribution in [0, 0.1) is 0 Å². The van der Waals surface area contributed by atoms with Crippen molar-refractivity contribution in [3.05, 3.63) is 140 Å². The van der Waals surface area contributed by atoms with Crippen LogP contribution in [0.5, 0.6) is 0 Å². The maximum Gasteiger partial charge on any atom is 0.0547 e.